The van der Waals surface area contributed by atoms with Crippen LogP contribution >= 0.6 is 0 Å². The molecule has 0 radical (unpaired) electrons. The van der Waals surface area contributed by atoms with Crippen LogP contribution in [0.25, 0.3) is 0 Å². The molecule has 3 aromatic rings. The molecule has 4 rings (SSSR count). The Morgan fingerprint density at radius 3 is 2.56 bits per heavy atom. The van der Waals surface area contributed by atoms with Crippen LogP contribution in [0.1, 0.15) is 47.3 Å². The minimum Gasteiger partial charge on any atom is -0.329 e. The highest BCUT2D eigenvalue weighted by molar-refractivity contribution is 5.95. The van der Waals surface area contributed by atoms with Crippen molar-refractivity contribution in [3.8, 4) is 0 Å². The standard InChI is InChI=1S/C22H22FN3O/c1-16(20-5-2-3-6-21(20)23)26(19-11-12-19)22(27)18-9-7-17(8-10-18)15-25-14-4-13-24-25/h2-10,13-14,16,19H,11-12,15H2,1H3. The summed E-state index contributed by atoms with van der Waals surface area (Å²) in [6, 6.07) is 16.1. The SMILES string of the molecule is CC(c1ccccc1F)N(C(=O)c1ccc(Cn2cccn2)cc1)C1CC1. The van der Waals surface area contributed by atoms with Gasteiger partial charge in [-0.25, -0.2) is 4.39 Å². The quantitative estimate of drug-likeness (QED) is 0.649. The summed E-state index contributed by atoms with van der Waals surface area (Å²) < 4.78 is 16.1. The zero-order valence-electron chi connectivity index (χ0n) is 15.3. The third-order valence-corrected chi connectivity index (χ3v) is 5.05. The summed E-state index contributed by atoms with van der Waals surface area (Å²) in [5.41, 5.74) is 2.28. The largest absolute Gasteiger partial charge is 0.329 e. The van der Waals surface area contributed by atoms with Crippen LogP contribution in [0.15, 0.2) is 67.0 Å². The lowest BCUT2D eigenvalue weighted by molar-refractivity contribution is 0.0671. The van der Waals surface area contributed by atoms with E-state index in [1.807, 2.05) is 59.1 Å². The van der Waals surface area contributed by atoms with E-state index in [4.69, 9.17) is 0 Å². The van der Waals surface area contributed by atoms with Gasteiger partial charge in [0.25, 0.3) is 5.91 Å². The summed E-state index contributed by atoms with van der Waals surface area (Å²) in [4.78, 5) is 15.0. The predicted molar refractivity (Wildman–Crippen MR) is 102 cm³/mol. The van der Waals surface area contributed by atoms with Gasteiger partial charge in [0.05, 0.1) is 12.6 Å². The average Bonchev–Trinajstić information content (AvgIpc) is 3.38. The molecular weight excluding hydrogens is 341 g/mol. The first-order valence-corrected chi connectivity index (χ1v) is 9.27. The summed E-state index contributed by atoms with van der Waals surface area (Å²) in [5.74, 6) is -0.308. The van der Waals surface area contributed by atoms with Crippen LogP contribution in [0.3, 0.4) is 0 Å². The molecule has 5 heteroatoms. The second kappa shape index (κ2) is 7.35. The van der Waals surface area contributed by atoms with E-state index < -0.39 is 0 Å². The van der Waals surface area contributed by atoms with Crippen molar-refractivity contribution in [2.45, 2.75) is 38.4 Å². The van der Waals surface area contributed by atoms with Gasteiger partial charge >= 0.3 is 0 Å². The van der Waals surface area contributed by atoms with Crippen LogP contribution in [0.4, 0.5) is 4.39 Å². The maximum atomic E-state index is 14.2. The van der Waals surface area contributed by atoms with E-state index in [0.717, 1.165) is 18.4 Å². The maximum Gasteiger partial charge on any atom is 0.254 e. The smallest absolute Gasteiger partial charge is 0.254 e. The van der Waals surface area contributed by atoms with Gasteiger partial charge in [0.15, 0.2) is 0 Å². The van der Waals surface area contributed by atoms with Gasteiger partial charge in [-0.15, -0.1) is 0 Å². The molecule has 27 heavy (non-hydrogen) atoms. The lowest BCUT2D eigenvalue weighted by atomic mass is 10.0. The first-order chi connectivity index (χ1) is 13.1. The second-order valence-corrected chi connectivity index (χ2v) is 7.04. The van der Waals surface area contributed by atoms with Crippen LogP contribution in [0.5, 0.6) is 0 Å². The summed E-state index contributed by atoms with van der Waals surface area (Å²) in [6.45, 7) is 2.57. The Labute approximate surface area is 158 Å². The molecule has 2 aromatic carbocycles. The minimum atomic E-state index is -0.296. The molecule has 4 nitrogen and oxygen atoms in total. The van der Waals surface area contributed by atoms with Crippen LogP contribution in [0, 0.1) is 5.82 Å². The van der Waals surface area contributed by atoms with Crippen molar-refractivity contribution in [2.75, 3.05) is 0 Å². The van der Waals surface area contributed by atoms with Crippen LogP contribution in [-0.4, -0.2) is 26.6 Å². The van der Waals surface area contributed by atoms with Crippen molar-refractivity contribution >= 4 is 5.91 Å². The molecule has 0 N–H and O–H groups in total. The Morgan fingerprint density at radius 2 is 1.93 bits per heavy atom. The molecular formula is C22H22FN3O. The number of halogens is 1. The molecule has 1 aliphatic rings. The number of benzene rings is 2. The molecule has 1 atom stereocenters. The first kappa shape index (κ1) is 17.5. The Bertz CT molecular complexity index is 917. The molecule has 138 valence electrons. The van der Waals surface area contributed by atoms with E-state index in [0.29, 0.717) is 17.7 Å². The van der Waals surface area contributed by atoms with Crippen molar-refractivity contribution in [1.29, 1.82) is 0 Å². The number of nitrogens with zero attached hydrogens (tertiary/aromatic N) is 3. The predicted octanol–water partition coefficient (Wildman–Crippen LogP) is 4.44. The number of carbonyl (C=O) groups excluding carboxylic acids is 1. The molecule has 0 saturated heterocycles. The van der Waals surface area contributed by atoms with E-state index in [-0.39, 0.29) is 23.8 Å². The van der Waals surface area contributed by atoms with Crippen molar-refractivity contribution in [3.63, 3.8) is 0 Å². The molecule has 1 heterocycles. The molecule has 1 amide bonds. The van der Waals surface area contributed by atoms with Gasteiger partial charge in [-0.2, -0.15) is 5.10 Å². The summed E-state index contributed by atoms with van der Waals surface area (Å²) in [7, 11) is 0. The van der Waals surface area contributed by atoms with Crippen LogP contribution in [0.2, 0.25) is 0 Å². The third kappa shape index (κ3) is 3.77. The third-order valence-electron chi connectivity index (χ3n) is 5.05. The highest BCUT2D eigenvalue weighted by Gasteiger charge is 2.37. The molecule has 1 unspecified atom stereocenters. The Kier molecular flexibility index (Phi) is 4.75. The highest BCUT2D eigenvalue weighted by atomic mass is 19.1. The van der Waals surface area contributed by atoms with Crippen molar-refractivity contribution in [3.05, 3.63) is 89.5 Å². The van der Waals surface area contributed by atoms with Gasteiger partial charge in [0, 0.05) is 29.6 Å². The topological polar surface area (TPSA) is 38.1 Å². The van der Waals surface area contributed by atoms with E-state index in [2.05, 4.69) is 5.10 Å². The van der Waals surface area contributed by atoms with Crippen molar-refractivity contribution < 1.29 is 9.18 Å². The zero-order valence-corrected chi connectivity index (χ0v) is 15.3. The lowest BCUT2D eigenvalue weighted by Gasteiger charge is -2.30. The van der Waals surface area contributed by atoms with Gasteiger partial charge < -0.3 is 4.90 Å². The Morgan fingerprint density at radius 1 is 1.19 bits per heavy atom. The number of aromatic nitrogens is 2. The van der Waals surface area contributed by atoms with Gasteiger partial charge in [-0.3, -0.25) is 9.48 Å². The zero-order chi connectivity index (χ0) is 18.8. The van der Waals surface area contributed by atoms with Gasteiger partial charge in [0.2, 0.25) is 0 Å². The minimum absolute atomic E-state index is 0.0427. The van der Waals surface area contributed by atoms with Gasteiger partial charge in [-0.05, 0) is 49.6 Å². The molecule has 1 saturated carbocycles. The van der Waals surface area contributed by atoms with Gasteiger partial charge in [0.1, 0.15) is 5.82 Å². The number of amides is 1. The Balaban J connectivity index is 1.55. The average molecular weight is 363 g/mol. The lowest BCUT2D eigenvalue weighted by Crippen LogP contribution is -2.36. The van der Waals surface area contributed by atoms with Crippen molar-refractivity contribution in [1.82, 2.24) is 14.7 Å². The molecule has 0 spiro atoms. The van der Waals surface area contributed by atoms with Crippen LogP contribution < -0.4 is 0 Å². The molecule has 1 aliphatic carbocycles. The summed E-state index contributed by atoms with van der Waals surface area (Å²) in [5, 5.41) is 4.20. The maximum absolute atomic E-state index is 14.2. The highest BCUT2D eigenvalue weighted by Crippen LogP contribution is 2.36. The number of carbonyl (C=O) groups is 1. The first-order valence-electron chi connectivity index (χ1n) is 9.27. The summed E-state index contributed by atoms with van der Waals surface area (Å²) >= 11 is 0. The van der Waals surface area contributed by atoms with Gasteiger partial charge in [-0.1, -0.05) is 30.3 Å². The van der Waals surface area contributed by atoms with E-state index in [1.165, 1.54) is 6.07 Å². The monoisotopic (exact) mass is 363 g/mol. The fourth-order valence-corrected chi connectivity index (χ4v) is 3.46. The number of hydrogen-bond donors (Lipinski definition) is 0. The second-order valence-electron chi connectivity index (χ2n) is 7.04. The van der Waals surface area contributed by atoms with E-state index in [9.17, 15) is 9.18 Å². The summed E-state index contributed by atoms with van der Waals surface area (Å²) in [6.07, 6.45) is 5.60. The fourth-order valence-electron chi connectivity index (χ4n) is 3.46. The van der Waals surface area contributed by atoms with Crippen LogP contribution in [-0.2, 0) is 6.54 Å². The van der Waals surface area contributed by atoms with E-state index in [1.54, 1.807) is 18.3 Å². The Hall–Kier alpha value is -2.95. The molecule has 1 aromatic heterocycles. The normalized spacial score (nSPS) is 14.7. The number of rotatable bonds is 6. The molecule has 0 aliphatic heterocycles. The van der Waals surface area contributed by atoms with E-state index >= 15 is 0 Å². The molecule has 0 bridgehead atoms. The number of hydrogen-bond acceptors (Lipinski definition) is 2. The molecule has 1 fully saturated rings. The fraction of sp³-hybridized carbons (Fsp3) is 0.273. The van der Waals surface area contributed by atoms with Crippen molar-refractivity contribution in [2.24, 2.45) is 0 Å².